The molecule has 0 saturated carbocycles. The molecule has 0 N–H and O–H groups in total. The van der Waals surface area contributed by atoms with E-state index in [0.29, 0.717) is 10.6 Å². The SMILES string of the molecule is CC1(C#N)O[N+]([O-])=C2C=Cc3ncccc3C21. The van der Waals surface area contributed by atoms with Crippen molar-refractivity contribution >= 4 is 11.8 Å². The zero-order valence-electron chi connectivity index (χ0n) is 9.12. The Labute approximate surface area is 97.8 Å². The Balaban J connectivity index is 2.25. The summed E-state index contributed by atoms with van der Waals surface area (Å²) in [4.78, 5) is 9.75. The van der Waals surface area contributed by atoms with E-state index in [9.17, 15) is 10.5 Å². The number of hydrogen-bond acceptors (Lipinski definition) is 4. The molecule has 84 valence electrons. The fourth-order valence-electron chi connectivity index (χ4n) is 2.34. The van der Waals surface area contributed by atoms with E-state index in [-0.39, 0.29) is 5.92 Å². The summed E-state index contributed by atoms with van der Waals surface area (Å²) in [7, 11) is 0. The second-order valence-electron chi connectivity index (χ2n) is 4.24. The summed E-state index contributed by atoms with van der Waals surface area (Å²) in [6.07, 6.45) is 5.11. The highest BCUT2D eigenvalue weighted by molar-refractivity contribution is 6.04. The number of nitrogens with zero attached hydrogens (tertiary/aromatic N) is 3. The second-order valence-corrected chi connectivity index (χ2v) is 4.24. The number of rotatable bonds is 0. The molecule has 2 aliphatic rings. The van der Waals surface area contributed by atoms with E-state index in [0.717, 1.165) is 11.3 Å². The molecule has 0 saturated heterocycles. The smallest absolute Gasteiger partial charge is 0.255 e. The van der Waals surface area contributed by atoms with Crippen molar-refractivity contribution in [1.82, 2.24) is 4.98 Å². The van der Waals surface area contributed by atoms with Crippen LogP contribution in [0.3, 0.4) is 0 Å². The van der Waals surface area contributed by atoms with Gasteiger partial charge in [0.1, 0.15) is 5.92 Å². The normalized spacial score (nSPS) is 29.3. The molecular weight excluding hydrogens is 218 g/mol. The molecule has 17 heavy (non-hydrogen) atoms. The van der Waals surface area contributed by atoms with Gasteiger partial charge in [-0.3, -0.25) is 10.2 Å². The zero-order chi connectivity index (χ0) is 12.0. The van der Waals surface area contributed by atoms with Crippen LogP contribution in [0.5, 0.6) is 0 Å². The predicted octanol–water partition coefficient (Wildman–Crippen LogP) is 1.37. The summed E-state index contributed by atoms with van der Waals surface area (Å²) in [5, 5.41) is 20.8. The summed E-state index contributed by atoms with van der Waals surface area (Å²) in [5.41, 5.74) is 0.920. The van der Waals surface area contributed by atoms with Crippen LogP contribution in [0.4, 0.5) is 0 Å². The van der Waals surface area contributed by atoms with Crippen molar-refractivity contribution in [2.24, 2.45) is 0 Å². The molecule has 1 aliphatic carbocycles. The molecular formula is C12H9N3O2. The fraction of sp³-hybridized carbons (Fsp3) is 0.250. The zero-order valence-corrected chi connectivity index (χ0v) is 9.12. The molecule has 5 heteroatoms. The van der Waals surface area contributed by atoms with Gasteiger partial charge >= 0.3 is 0 Å². The molecule has 1 aliphatic heterocycles. The number of nitriles is 1. The number of aromatic nitrogens is 1. The van der Waals surface area contributed by atoms with Crippen LogP contribution in [0.2, 0.25) is 0 Å². The van der Waals surface area contributed by atoms with Gasteiger partial charge in [-0.2, -0.15) is 5.26 Å². The highest BCUT2D eigenvalue weighted by Gasteiger charge is 2.51. The van der Waals surface area contributed by atoms with E-state index in [1.807, 2.05) is 6.07 Å². The minimum absolute atomic E-state index is 0.376. The maximum absolute atomic E-state index is 11.6. The van der Waals surface area contributed by atoms with Crippen LogP contribution >= 0.6 is 0 Å². The average Bonchev–Trinajstić information content (AvgIpc) is 2.62. The first kappa shape index (κ1) is 9.85. The van der Waals surface area contributed by atoms with Crippen LogP contribution < -0.4 is 0 Å². The van der Waals surface area contributed by atoms with Gasteiger partial charge in [-0.25, -0.2) is 0 Å². The lowest BCUT2D eigenvalue weighted by Gasteiger charge is -2.25. The van der Waals surface area contributed by atoms with Crippen molar-refractivity contribution in [3.8, 4) is 6.07 Å². The van der Waals surface area contributed by atoms with Crippen molar-refractivity contribution in [2.75, 3.05) is 0 Å². The van der Waals surface area contributed by atoms with Gasteiger partial charge in [0.25, 0.3) is 5.71 Å². The van der Waals surface area contributed by atoms with Gasteiger partial charge in [-0.05, 0) is 24.6 Å². The number of pyridine rings is 1. The lowest BCUT2D eigenvalue weighted by molar-refractivity contribution is -0.747. The van der Waals surface area contributed by atoms with Gasteiger partial charge in [0.15, 0.2) is 5.60 Å². The summed E-state index contributed by atoms with van der Waals surface area (Å²) in [6.45, 7) is 1.62. The van der Waals surface area contributed by atoms with Gasteiger partial charge in [-0.1, -0.05) is 6.07 Å². The Hall–Kier alpha value is -2.35. The Bertz CT molecular complexity index is 600. The highest BCUT2D eigenvalue weighted by Crippen LogP contribution is 2.41. The Morgan fingerprint density at radius 3 is 3.18 bits per heavy atom. The van der Waals surface area contributed by atoms with E-state index in [1.54, 1.807) is 31.3 Å². The van der Waals surface area contributed by atoms with Gasteiger partial charge in [0.05, 0.1) is 11.8 Å². The van der Waals surface area contributed by atoms with E-state index >= 15 is 0 Å². The van der Waals surface area contributed by atoms with Gasteiger partial charge < -0.3 is 4.84 Å². The molecule has 2 heterocycles. The van der Waals surface area contributed by atoms with E-state index in [2.05, 4.69) is 11.1 Å². The van der Waals surface area contributed by atoms with Crippen molar-refractivity contribution in [3.05, 3.63) is 40.9 Å². The minimum Gasteiger partial charge on any atom is -0.380 e. The molecule has 0 fully saturated rings. The van der Waals surface area contributed by atoms with Crippen LogP contribution in [-0.2, 0) is 4.84 Å². The van der Waals surface area contributed by atoms with Crippen molar-refractivity contribution in [1.29, 1.82) is 5.26 Å². The molecule has 0 spiro atoms. The molecule has 0 aromatic carbocycles. The first-order chi connectivity index (χ1) is 8.15. The second kappa shape index (κ2) is 3.08. The fourth-order valence-corrected chi connectivity index (χ4v) is 2.34. The third-order valence-electron chi connectivity index (χ3n) is 3.15. The van der Waals surface area contributed by atoms with Crippen LogP contribution in [-0.4, -0.2) is 21.2 Å². The third-order valence-corrected chi connectivity index (χ3v) is 3.15. The lowest BCUT2D eigenvalue weighted by atomic mass is 9.78. The van der Waals surface area contributed by atoms with Crippen LogP contribution in [0, 0.1) is 16.5 Å². The van der Waals surface area contributed by atoms with Crippen molar-refractivity contribution in [2.45, 2.75) is 18.4 Å². The summed E-state index contributed by atoms with van der Waals surface area (Å²) < 4.78 is 0. The molecule has 2 atom stereocenters. The first-order valence-electron chi connectivity index (χ1n) is 5.23. The summed E-state index contributed by atoms with van der Waals surface area (Å²) in [6, 6.07) is 5.73. The van der Waals surface area contributed by atoms with E-state index < -0.39 is 5.60 Å². The molecule has 1 aromatic rings. The highest BCUT2D eigenvalue weighted by atomic mass is 16.9. The lowest BCUT2D eigenvalue weighted by Crippen LogP contribution is -2.33. The molecule has 3 rings (SSSR count). The predicted molar refractivity (Wildman–Crippen MR) is 59.7 cm³/mol. The quantitative estimate of drug-likeness (QED) is 0.627. The maximum Gasteiger partial charge on any atom is 0.255 e. The Kier molecular flexibility index (Phi) is 1.78. The maximum atomic E-state index is 11.6. The van der Waals surface area contributed by atoms with Crippen LogP contribution in [0.15, 0.2) is 24.4 Å². The van der Waals surface area contributed by atoms with Gasteiger partial charge in [0, 0.05) is 17.2 Å². The summed E-state index contributed by atoms with van der Waals surface area (Å²) in [5.74, 6) is -0.376. The Morgan fingerprint density at radius 1 is 1.59 bits per heavy atom. The molecule has 0 radical (unpaired) electrons. The molecule has 0 amide bonds. The minimum atomic E-state index is -1.17. The Morgan fingerprint density at radius 2 is 2.41 bits per heavy atom. The van der Waals surface area contributed by atoms with E-state index in [4.69, 9.17) is 4.84 Å². The average molecular weight is 227 g/mol. The van der Waals surface area contributed by atoms with Gasteiger partial charge in [0.2, 0.25) is 0 Å². The molecule has 2 unspecified atom stereocenters. The number of allylic oxidation sites excluding steroid dienone is 1. The molecule has 0 bridgehead atoms. The van der Waals surface area contributed by atoms with Crippen LogP contribution in [0.1, 0.15) is 24.1 Å². The largest absolute Gasteiger partial charge is 0.380 e. The van der Waals surface area contributed by atoms with Crippen LogP contribution in [0.25, 0.3) is 6.08 Å². The standard InChI is InChI=1S/C12H9N3O2/c1-12(7-13)11-8-3-2-6-14-9(8)4-5-10(11)15(16)17-12/h2-6,11H,1H3. The first-order valence-corrected chi connectivity index (χ1v) is 5.23. The number of fused-ring (bicyclic) bond motifs is 3. The molecule has 5 nitrogen and oxygen atoms in total. The number of hydrogen-bond donors (Lipinski definition) is 0. The summed E-state index contributed by atoms with van der Waals surface area (Å²) >= 11 is 0. The monoisotopic (exact) mass is 227 g/mol. The topological polar surface area (TPSA) is 72.0 Å². The van der Waals surface area contributed by atoms with Crippen molar-refractivity contribution < 1.29 is 9.74 Å². The third kappa shape index (κ3) is 1.18. The van der Waals surface area contributed by atoms with Crippen molar-refractivity contribution in [3.63, 3.8) is 0 Å². The molecule has 1 aromatic heterocycles. The van der Waals surface area contributed by atoms with E-state index in [1.165, 1.54) is 0 Å². The van der Waals surface area contributed by atoms with Gasteiger partial charge in [-0.15, -0.1) is 0 Å².